The number of carbonyl (C=O) groups is 2. The summed E-state index contributed by atoms with van der Waals surface area (Å²) in [4.78, 5) is 28.9. The van der Waals surface area contributed by atoms with Crippen molar-refractivity contribution in [3.05, 3.63) is 48.0 Å². The van der Waals surface area contributed by atoms with Crippen molar-refractivity contribution in [1.82, 2.24) is 19.5 Å². The van der Waals surface area contributed by atoms with Gasteiger partial charge in [0, 0.05) is 24.2 Å². The van der Waals surface area contributed by atoms with Crippen LogP contribution in [-0.4, -0.2) is 49.7 Å². The second-order valence-corrected chi connectivity index (χ2v) is 6.16. The van der Waals surface area contributed by atoms with Crippen LogP contribution in [0.4, 0.5) is 10.7 Å². The molecule has 2 aromatic heterocycles. The second kappa shape index (κ2) is 6.42. The van der Waals surface area contributed by atoms with E-state index in [2.05, 4.69) is 21.5 Å². The topological polar surface area (TPSA) is 124 Å². The van der Waals surface area contributed by atoms with Crippen LogP contribution in [0.2, 0.25) is 0 Å². The highest BCUT2D eigenvalue weighted by atomic mass is 16.4. The Morgan fingerprint density at radius 2 is 1.93 bits per heavy atom. The van der Waals surface area contributed by atoms with Gasteiger partial charge in [-0.3, -0.25) is 10.1 Å². The van der Waals surface area contributed by atoms with Gasteiger partial charge < -0.3 is 10.0 Å². The van der Waals surface area contributed by atoms with Crippen molar-refractivity contribution in [1.29, 1.82) is 5.26 Å². The van der Waals surface area contributed by atoms with E-state index in [0.29, 0.717) is 30.0 Å². The number of nitrogens with zero attached hydrogens (tertiary/aromatic N) is 5. The summed E-state index contributed by atoms with van der Waals surface area (Å²) in [5.41, 5.74) is 2.57. The zero-order valence-corrected chi connectivity index (χ0v) is 14.0. The molecule has 27 heavy (non-hydrogen) atoms. The minimum Gasteiger partial charge on any atom is -0.465 e. The van der Waals surface area contributed by atoms with Crippen molar-refractivity contribution in [2.45, 2.75) is 0 Å². The van der Waals surface area contributed by atoms with Crippen LogP contribution in [0.3, 0.4) is 0 Å². The summed E-state index contributed by atoms with van der Waals surface area (Å²) < 4.78 is 1.54. The molecular formula is C18H14N6O3. The van der Waals surface area contributed by atoms with E-state index in [9.17, 15) is 9.59 Å². The molecule has 3 heterocycles. The predicted molar refractivity (Wildman–Crippen MR) is 95.1 cm³/mol. The largest absolute Gasteiger partial charge is 0.465 e. The third-order valence-corrected chi connectivity index (χ3v) is 4.36. The Bertz CT molecular complexity index is 1080. The Labute approximate surface area is 153 Å². The lowest BCUT2D eigenvalue weighted by Gasteiger charge is -2.35. The van der Waals surface area contributed by atoms with Crippen molar-refractivity contribution in [3.8, 4) is 17.3 Å². The molecule has 0 atom stereocenters. The number of anilines is 1. The third kappa shape index (κ3) is 3.04. The molecule has 0 aliphatic carbocycles. The zero-order valence-electron chi connectivity index (χ0n) is 14.0. The molecule has 0 bridgehead atoms. The minimum absolute atomic E-state index is 0.00780. The van der Waals surface area contributed by atoms with Crippen LogP contribution in [-0.2, 0) is 0 Å². The molecule has 0 radical (unpaired) electrons. The van der Waals surface area contributed by atoms with Crippen molar-refractivity contribution < 1.29 is 14.7 Å². The monoisotopic (exact) mass is 362 g/mol. The molecule has 0 spiro atoms. The molecule has 1 aliphatic heterocycles. The van der Waals surface area contributed by atoms with Gasteiger partial charge in [-0.2, -0.15) is 10.2 Å². The first-order chi connectivity index (χ1) is 13.0. The van der Waals surface area contributed by atoms with Crippen LogP contribution in [0.25, 0.3) is 16.9 Å². The summed E-state index contributed by atoms with van der Waals surface area (Å²) in [7, 11) is 0. The Hall–Kier alpha value is -3.93. The van der Waals surface area contributed by atoms with Gasteiger partial charge >= 0.3 is 6.09 Å². The van der Waals surface area contributed by atoms with Crippen LogP contribution >= 0.6 is 0 Å². The standard InChI is InChI=1S/C18H14N6O3/c19-8-11-9-23(10-11)16(25)13-6-4-12(5-7-13)14-2-1-3-15-20-17(21-18(26)27)22-24(14)15/h1-7,11H,9-10H2,(H,21,22)(H,26,27). The van der Waals surface area contributed by atoms with Crippen molar-refractivity contribution >= 4 is 23.6 Å². The Balaban J connectivity index is 1.60. The third-order valence-electron chi connectivity index (χ3n) is 4.36. The number of hydrogen-bond acceptors (Lipinski definition) is 5. The summed E-state index contributed by atoms with van der Waals surface area (Å²) in [6.45, 7) is 0.934. The highest BCUT2D eigenvalue weighted by molar-refractivity contribution is 5.95. The van der Waals surface area contributed by atoms with Crippen LogP contribution < -0.4 is 5.32 Å². The molecule has 1 fully saturated rings. The maximum Gasteiger partial charge on any atom is 0.411 e. The molecule has 1 aromatic carbocycles. The molecule has 3 aromatic rings. The van der Waals surface area contributed by atoms with Crippen molar-refractivity contribution in [2.75, 3.05) is 18.4 Å². The van der Waals surface area contributed by atoms with Gasteiger partial charge in [-0.25, -0.2) is 9.31 Å². The first kappa shape index (κ1) is 16.5. The number of nitrogens with one attached hydrogen (secondary N) is 1. The fourth-order valence-corrected chi connectivity index (χ4v) is 2.96. The lowest BCUT2D eigenvalue weighted by atomic mass is 10.00. The van der Waals surface area contributed by atoms with E-state index in [1.165, 1.54) is 4.52 Å². The van der Waals surface area contributed by atoms with Crippen LogP contribution in [0.15, 0.2) is 42.5 Å². The average molecular weight is 362 g/mol. The van der Waals surface area contributed by atoms with E-state index in [1.54, 1.807) is 41.3 Å². The predicted octanol–water partition coefficient (Wildman–Crippen LogP) is 2.08. The van der Waals surface area contributed by atoms with Gasteiger partial charge in [0.2, 0.25) is 0 Å². The SMILES string of the molecule is N#CC1CN(C(=O)c2ccc(-c3cccc4nc(NC(=O)O)nn34)cc2)C1. The smallest absolute Gasteiger partial charge is 0.411 e. The summed E-state index contributed by atoms with van der Waals surface area (Å²) in [6, 6.07) is 14.5. The number of benzene rings is 1. The van der Waals surface area contributed by atoms with Crippen molar-refractivity contribution in [3.63, 3.8) is 0 Å². The van der Waals surface area contributed by atoms with Crippen LogP contribution in [0.1, 0.15) is 10.4 Å². The molecule has 9 nitrogen and oxygen atoms in total. The summed E-state index contributed by atoms with van der Waals surface area (Å²) >= 11 is 0. The van der Waals surface area contributed by atoms with Gasteiger partial charge in [-0.1, -0.05) is 18.2 Å². The highest BCUT2D eigenvalue weighted by Crippen LogP contribution is 2.23. The van der Waals surface area contributed by atoms with Gasteiger partial charge in [-0.05, 0) is 24.3 Å². The molecule has 2 amide bonds. The lowest BCUT2D eigenvalue weighted by Crippen LogP contribution is -2.49. The number of carboxylic acid groups (broad SMARTS) is 1. The lowest BCUT2D eigenvalue weighted by molar-refractivity contribution is 0.0577. The minimum atomic E-state index is -1.24. The van der Waals surface area contributed by atoms with Gasteiger partial charge in [0.05, 0.1) is 17.7 Å². The van der Waals surface area contributed by atoms with Crippen molar-refractivity contribution in [2.24, 2.45) is 5.92 Å². The van der Waals surface area contributed by atoms with E-state index in [4.69, 9.17) is 10.4 Å². The van der Waals surface area contributed by atoms with Gasteiger partial charge in [0.1, 0.15) is 0 Å². The first-order valence-electron chi connectivity index (χ1n) is 8.20. The Morgan fingerprint density at radius 1 is 1.19 bits per heavy atom. The van der Waals surface area contributed by atoms with Crippen LogP contribution in [0, 0.1) is 17.2 Å². The Morgan fingerprint density at radius 3 is 2.59 bits per heavy atom. The van der Waals surface area contributed by atoms with E-state index in [0.717, 1.165) is 5.56 Å². The molecule has 9 heteroatoms. The van der Waals surface area contributed by atoms with E-state index < -0.39 is 6.09 Å². The zero-order chi connectivity index (χ0) is 19.0. The number of aromatic nitrogens is 3. The second-order valence-electron chi connectivity index (χ2n) is 6.16. The van der Waals surface area contributed by atoms with Crippen LogP contribution in [0.5, 0.6) is 0 Å². The van der Waals surface area contributed by atoms with Gasteiger partial charge in [0.15, 0.2) is 5.65 Å². The van der Waals surface area contributed by atoms with E-state index >= 15 is 0 Å². The summed E-state index contributed by atoms with van der Waals surface area (Å²) in [5.74, 6) is -0.182. The summed E-state index contributed by atoms with van der Waals surface area (Å²) in [5, 5.41) is 23.9. The normalized spacial score (nSPS) is 13.8. The molecule has 0 saturated carbocycles. The Kier molecular flexibility index (Phi) is 3.93. The number of likely N-dealkylation sites (tertiary alicyclic amines) is 1. The maximum absolute atomic E-state index is 12.4. The number of fused-ring (bicyclic) bond motifs is 1. The fourth-order valence-electron chi connectivity index (χ4n) is 2.96. The number of nitriles is 1. The number of hydrogen-bond donors (Lipinski definition) is 2. The number of rotatable bonds is 3. The molecule has 134 valence electrons. The molecule has 0 unspecified atom stereocenters. The number of carbonyl (C=O) groups excluding carboxylic acids is 1. The molecule has 2 N–H and O–H groups in total. The summed E-state index contributed by atoms with van der Waals surface area (Å²) in [6.07, 6.45) is -1.24. The number of pyridine rings is 1. The van der Waals surface area contributed by atoms with E-state index in [1.807, 2.05) is 6.07 Å². The number of amides is 2. The highest BCUT2D eigenvalue weighted by Gasteiger charge is 2.30. The van der Waals surface area contributed by atoms with Gasteiger partial charge in [-0.15, -0.1) is 5.10 Å². The quantitative estimate of drug-likeness (QED) is 0.735. The molecule has 1 saturated heterocycles. The molecule has 1 aliphatic rings. The fraction of sp³-hybridized carbons (Fsp3) is 0.167. The first-order valence-corrected chi connectivity index (χ1v) is 8.20. The molecular weight excluding hydrogens is 348 g/mol. The molecule has 4 rings (SSSR count). The van der Waals surface area contributed by atoms with Gasteiger partial charge in [0.25, 0.3) is 11.9 Å². The maximum atomic E-state index is 12.4. The average Bonchev–Trinajstić information content (AvgIpc) is 3.02. The van der Waals surface area contributed by atoms with E-state index in [-0.39, 0.29) is 17.8 Å².